The summed E-state index contributed by atoms with van der Waals surface area (Å²) in [4.78, 5) is 16.1. The van der Waals surface area contributed by atoms with Gasteiger partial charge in [-0.15, -0.1) is 0 Å². The van der Waals surface area contributed by atoms with E-state index in [9.17, 15) is 4.79 Å². The molecule has 0 bridgehead atoms. The highest BCUT2D eigenvalue weighted by molar-refractivity contribution is 5.86. The Morgan fingerprint density at radius 1 is 1.23 bits per heavy atom. The molecule has 22 heavy (non-hydrogen) atoms. The predicted molar refractivity (Wildman–Crippen MR) is 84.4 cm³/mol. The molecule has 0 unspecified atom stereocenters. The summed E-state index contributed by atoms with van der Waals surface area (Å²) >= 11 is 0. The first-order valence-electron chi connectivity index (χ1n) is 7.36. The van der Waals surface area contributed by atoms with Crippen molar-refractivity contribution < 1.29 is 19.0 Å². The summed E-state index contributed by atoms with van der Waals surface area (Å²) in [6.45, 7) is 7.90. The first kappa shape index (κ1) is 16.1. The highest BCUT2D eigenvalue weighted by atomic mass is 16.6. The van der Waals surface area contributed by atoms with Crippen molar-refractivity contribution in [2.24, 2.45) is 0 Å². The van der Waals surface area contributed by atoms with Gasteiger partial charge in [-0.05, 0) is 39.8 Å². The third-order valence-electron chi connectivity index (χ3n) is 2.90. The Hall–Kier alpha value is -2.30. The largest absolute Gasteiger partial charge is 0.494 e. The molecule has 0 aliphatic heterocycles. The fraction of sp³-hybridized carbons (Fsp3) is 0.412. The molecule has 0 aliphatic carbocycles. The molecular weight excluding hydrogens is 282 g/mol. The number of pyridine rings is 1. The zero-order chi connectivity index (χ0) is 16.1. The summed E-state index contributed by atoms with van der Waals surface area (Å²) in [7, 11) is 0. The molecule has 118 valence electrons. The molecule has 1 aromatic carbocycles. The van der Waals surface area contributed by atoms with E-state index in [2.05, 4.69) is 4.98 Å². The smallest absolute Gasteiger partial charge is 0.344 e. The number of rotatable bonds is 6. The normalized spacial score (nSPS) is 10.8. The first-order valence-corrected chi connectivity index (χ1v) is 7.36. The molecule has 1 aromatic heterocycles. The van der Waals surface area contributed by atoms with Crippen LogP contribution in [-0.2, 0) is 9.53 Å². The number of carbonyl (C=O) groups excluding carboxylic acids is 1. The Labute approximate surface area is 130 Å². The number of carbonyl (C=O) groups is 1. The van der Waals surface area contributed by atoms with Crippen LogP contribution in [0, 0.1) is 6.92 Å². The van der Waals surface area contributed by atoms with Crippen LogP contribution in [0.3, 0.4) is 0 Å². The van der Waals surface area contributed by atoms with Crippen molar-refractivity contribution in [3.63, 3.8) is 0 Å². The van der Waals surface area contributed by atoms with Crippen LogP contribution in [0.1, 0.15) is 26.5 Å². The molecule has 2 aromatic rings. The van der Waals surface area contributed by atoms with E-state index >= 15 is 0 Å². The summed E-state index contributed by atoms with van der Waals surface area (Å²) in [6.07, 6.45) is -0.152. The van der Waals surface area contributed by atoms with Gasteiger partial charge in [0.05, 0.1) is 18.2 Å². The standard InChI is InChI=1S/C17H21NO4/c1-5-20-13-6-7-14-15(9-13)18-12(4)8-16(14)21-10-17(19)22-11(2)3/h6-9,11H,5,10H2,1-4H3. The highest BCUT2D eigenvalue weighted by Gasteiger charge is 2.10. The fourth-order valence-electron chi connectivity index (χ4n) is 2.11. The van der Waals surface area contributed by atoms with Crippen molar-refractivity contribution in [3.8, 4) is 11.5 Å². The van der Waals surface area contributed by atoms with Gasteiger partial charge in [0.1, 0.15) is 11.5 Å². The number of esters is 1. The van der Waals surface area contributed by atoms with E-state index in [4.69, 9.17) is 14.2 Å². The molecule has 0 spiro atoms. The molecular formula is C17H21NO4. The van der Waals surface area contributed by atoms with Crippen molar-refractivity contribution in [1.29, 1.82) is 0 Å². The summed E-state index contributed by atoms with van der Waals surface area (Å²) in [5, 5.41) is 0.839. The third-order valence-corrected chi connectivity index (χ3v) is 2.90. The van der Waals surface area contributed by atoms with Gasteiger partial charge < -0.3 is 14.2 Å². The van der Waals surface area contributed by atoms with E-state index in [1.165, 1.54) is 0 Å². The fourth-order valence-corrected chi connectivity index (χ4v) is 2.11. The lowest BCUT2D eigenvalue weighted by Gasteiger charge is -2.12. The molecule has 0 atom stereocenters. The van der Waals surface area contributed by atoms with E-state index in [0.29, 0.717) is 12.4 Å². The van der Waals surface area contributed by atoms with Crippen LogP contribution in [0.4, 0.5) is 0 Å². The maximum Gasteiger partial charge on any atom is 0.344 e. The highest BCUT2D eigenvalue weighted by Crippen LogP contribution is 2.28. The van der Waals surface area contributed by atoms with Crippen molar-refractivity contribution in [2.45, 2.75) is 33.8 Å². The molecule has 0 fully saturated rings. The SMILES string of the molecule is CCOc1ccc2c(OCC(=O)OC(C)C)cc(C)nc2c1. The average molecular weight is 303 g/mol. The molecule has 0 saturated carbocycles. The number of nitrogens with zero attached hydrogens (tertiary/aromatic N) is 1. The van der Waals surface area contributed by atoms with E-state index in [1.807, 2.05) is 38.1 Å². The van der Waals surface area contributed by atoms with E-state index in [0.717, 1.165) is 22.3 Å². The van der Waals surface area contributed by atoms with Crippen LogP contribution in [-0.4, -0.2) is 30.3 Å². The second-order valence-corrected chi connectivity index (χ2v) is 5.20. The van der Waals surface area contributed by atoms with Gasteiger partial charge in [-0.1, -0.05) is 0 Å². The maximum absolute atomic E-state index is 11.6. The molecule has 2 rings (SSSR count). The minimum absolute atomic E-state index is 0.121. The van der Waals surface area contributed by atoms with Crippen LogP contribution in [0.15, 0.2) is 24.3 Å². The summed E-state index contributed by atoms with van der Waals surface area (Å²) in [6, 6.07) is 7.43. The van der Waals surface area contributed by atoms with Gasteiger partial charge in [-0.2, -0.15) is 0 Å². The number of aromatic nitrogens is 1. The summed E-state index contributed by atoms with van der Waals surface area (Å²) < 4.78 is 16.2. The van der Waals surface area contributed by atoms with Gasteiger partial charge in [-0.3, -0.25) is 4.98 Å². The molecule has 0 aliphatic rings. The van der Waals surface area contributed by atoms with Crippen LogP contribution in [0.5, 0.6) is 11.5 Å². The lowest BCUT2D eigenvalue weighted by atomic mass is 10.1. The molecule has 5 nitrogen and oxygen atoms in total. The van der Waals surface area contributed by atoms with Crippen molar-refractivity contribution >= 4 is 16.9 Å². The van der Waals surface area contributed by atoms with Crippen LogP contribution in [0.2, 0.25) is 0 Å². The Bertz CT molecular complexity index is 667. The van der Waals surface area contributed by atoms with E-state index in [-0.39, 0.29) is 18.7 Å². The Morgan fingerprint density at radius 2 is 2.00 bits per heavy atom. The van der Waals surface area contributed by atoms with Gasteiger partial charge >= 0.3 is 5.97 Å². The Kier molecular flexibility index (Phi) is 5.20. The first-order chi connectivity index (χ1) is 10.5. The van der Waals surface area contributed by atoms with Gasteiger partial charge in [0, 0.05) is 23.2 Å². The van der Waals surface area contributed by atoms with Gasteiger partial charge in [0.2, 0.25) is 0 Å². The topological polar surface area (TPSA) is 57.7 Å². The molecule has 0 amide bonds. The number of fused-ring (bicyclic) bond motifs is 1. The monoisotopic (exact) mass is 303 g/mol. The van der Waals surface area contributed by atoms with Gasteiger partial charge in [0.15, 0.2) is 6.61 Å². The van der Waals surface area contributed by atoms with Crippen LogP contribution >= 0.6 is 0 Å². The summed E-state index contributed by atoms with van der Waals surface area (Å²) in [5.41, 5.74) is 1.59. The van der Waals surface area contributed by atoms with Crippen molar-refractivity contribution in [2.75, 3.05) is 13.2 Å². The average Bonchev–Trinajstić information content (AvgIpc) is 2.44. The lowest BCUT2D eigenvalue weighted by Crippen LogP contribution is -2.18. The van der Waals surface area contributed by atoms with Crippen molar-refractivity contribution in [3.05, 3.63) is 30.0 Å². The van der Waals surface area contributed by atoms with E-state index in [1.54, 1.807) is 13.8 Å². The number of aryl methyl sites for hydroxylation is 1. The van der Waals surface area contributed by atoms with Crippen LogP contribution < -0.4 is 9.47 Å². The predicted octanol–water partition coefficient (Wildman–Crippen LogP) is 3.27. The third kappa shape index (κ3) is 4.10. The summed E-state index contributed by atoms with van der Waals surface area (Å²) in [5.74, 6) is 0.994. The molecule has 5 heteroatoms. The number of benzene rings is 1. The number of hydrogen-bond acceptors (Lipinski definition) is 5. The molecule has 1 heterocycles. The Balaban J connectivity index is 2.23. The zero-order valence-corrected chi connectivity index (χ0v) is 13.4. The molecule has 0 radical (unpaired) electrons. The van der Waals surface area contributed by atoms with Crippen molar-refractivity contribution in [1.82, 2.24) is 4.98 Å². The second-order valence-electron chi connectivity index (χ2n) is 5.20. The minimum atomic E-state index is -0.386. The molecule has 0 saturated heterocycles. The maximum atomic E-state index is 11.6. The minimum Gasteiger partial charge on any atom is -0.494 e. The molecule has 0 N–H and O–H groups in total. The Morgan fingerprint density at radius 3 is 2.68 bits per heavy atom. The van der Waals surface area contributed by atoms with E-state index < -0.39 is 0 Å². The quantitative estimate of drug-likeness (QED) is 0.767. The second kappa shape index (κ2) is 7.11. The van der Waals surface area contributed by atoms with Gasteiger partial charge in [-0.25, -0.2) is 4.79 Å². The number of ether oxygens (including phenoxy) is 3. The van der Waals surface area contributed by atoms with Gasteiger partial charge in [0.25, 0.3) is 0 Å². The lowest BCUT2D eigenvalue weighted by molar-refractivity contribution is -0.149. The number of hydrogen-bond donors (Lipinski definition) is 0. The zero-order valence-electron chi connectivity index (χ0n) is 13.4. The van der Waals surface area contributed by atoms with Crippen LogP contribution in [0.25, 0.3) is 10.9 Å².